The number of aromatic carboxylic acids is 1. The van der Waals surface area contributed by atoms with Gasteiger partial charge in [-0.1, -0.05) is 28.1 Å². The van der Waals surface area contributed by atoms with E-state index in [9.17, 15) is 23.1 Å². The summed E-state index contributed by atoms with van der Waals surface area (Å²) in [7, 11) is 0. The van der Waals surface area contributed by atoms with E-state index in [1.165, 1.54) is 0 Å². The van der Waals surface area contributed by atoms with Gasteiger partial charge in [0.25, 0.3) is 0 Å². The zero-order valence-electron chi connectivity index (χ0n) is 12.2. The number of carboxylic acid groups (broad SMARTS) is 1. The van der Waals surface area contributed by atoms with Gasteiger partial charge in [-0.05, 0) is 30.9 Å². The highest BCUT2D eigenvalue weighted by molar-refractivity contribution is 9.10. The van der Waals surface area contributed by atoms with Crippen LogP contribution in [0.5, 0.6) is 0 Å². The van der Waals surface area contributed by atoms with Crippen LogP contribution in [0.4, 0.5) is 19.0 Å². The van der Waals surface area contributed by atoms with Crippen molar-refractivity contribution < 1.29 is 23.1 Å². The number of carboxylic acids is 1. The zero-order chi connectivity index (χ0) is 17.6. The molecular formula is C15H13BrF3N3O2. The van der Waals surface area contributed by atoms with Gasteiger partial charge in [0.1, 0.15) is 17.1 Å². The van der Waals surface area contributed by atoms with Crippen LogP contribution in [0.15, 0.2) is 28.7 Å². The van der Waals surface area contributed by atoms with Gasteiger partial charge in [-0.25, -0.2) is 9.48 Å². The Morgan fingerprint density at radius 2 is 1.92 bits per heavy atom. The molecule has 24 heavy (non-hydrogen) atoms. The Hall–Kier alpha value is -2.03. The van der Waals surface area contributed by atoms with Gasteiger partial charge < -0.3 is 10.8 Å². The maximum absolute atomic E-state index is 13.4. The average Bonchev–Trinajstić information content (AvgIpc) is 3.23. The summed E-state index contributed by atoms with van der Waals surface area (Å²) in [5, 5.41) is 13.3. The van der Waals surface area contributed by atoms with Crippen molar-refractivity contribution in [2.24, 2.45) is 5.92 Å². The second kappa shape index (κ2) is 5.80. The Balaban J connectivity index is 2.17. The number of benzene rings is 1. The second-order valence-electron chi connectivity index (χ2n) is 5.69. The van der Waals surface area contributed by atoms with Crippen molar-refractivity contribution in [1.29, 1.82) is 0 Å². The van der Waals surface area contributed by atoms with Gasteiger partial charge in [-0.15, -0.1) is 0 Å². The minimum absolute atomic E-state index is 0.0672. The molecule has 0 radical (unpaired) electrons. The maximum Gasteiger partial charge on any atom is 0.411 e. The molecule has 0 amide bonds. The first-order valence-electron chi connectivity index (χ1n) is 7.14. The van der Waals surface area contributed by atoms with Crippen LogP contribution < -0.4 is 5.73 Å². The number of halogens is 4. The normalized spacial score (nSPS) is 16.2. The van der Waals surface area contributed by atoms with Crippen molar-refractivity contribution in [3.63, 3.8) is 0 Å². The lowest BCUT2D eigenvalue weighted by atomic mass is 10.1. The highest BCUT2D eigenvalue weighted by Gasteiger charge is 2.52. The maximum atomic E-state index is 13.4. The zero-order valence-corrected chi connectivity index (χ0v) is 13.8. The Morgan fingerprint density at radius 1 is 1.33 bits per heavy atom. The monoisotopic (exact) mass is 403 g/mol. The topological polar surface area (TPSA) is 81.1 Å². The number of nitrogens with two attached hydrogens (primary N) is 1. The fourth-order valence-electron chi connectivity index (χ4n) is 2.70. The SMILES string of the molecule is Nc1c(C(=O)O)c(-c2ccc(Br)cc2)nn1C(C1CC1)C(F)(F)F. The predicted molar refractivity (Wildman–Crippen MR) is 84.6 cm³/mol. The van der Waals surface area contributed by atoms with Crippen LogP contribution >= 0.6 is 15.9 Å². The van der Waals surface area contributed by atoms with E-state index < -0.39 is 35.5 Å². The van der Waals surface area contributed by atoms with Crippen molar-refractivity contribution in [1.82, 2.24) is 9.78 Å². The number of carbonyl (C=O) groups is 1. The number of alkyl halides is 3. The van der Waals surface area contributed by atoms with E-state index in [2.05, 4.69) is 21.0 Å². The van der Waals surface area contributed by atoms with Gasteiger partial charge in [-0.3, -0.25) is 0 Å². The van der Waals surface area contributed by atoms with E-state index in [1.54, 1.807) is 24.3 Å². The number of hydrogen-bond donors (Lipinski definition) is 2. The summed E-state index contributed by atoms with van der Waals surface area (Å²) in [6.07, 6.45) is -3.72. The molecule has 128 valence electrons. The van der Waals surface area contributed by atoms with Crippen LogP contribution in [-0.4, -0.2) is 27.0 Å². The summed E-state index contributed by atoms with van der Waals surface area (Å²) in [5.74, 6) is -2.50. The molecule has 0 bridgehead atoms. The van der Waals surface area contributed by atoms with Crippen molar-refractivity contribution in [2.45, 2.75) is 25.1 Å². The molecule has 0 aliphatic heterocycles. The Bertz CT molecular complexity index is 782. The standard InChI is InChI=1S/C15H13BrF3N3O2/c16-9-5-3-7(4-6-9)11-10(14(23)24)13(20)22(21-11)12(8-1-2-8)15(17,18)19/h3-6,8,12H,1-2,20H2,(H,23,24). The smallest absolute Gasteiger partial charge is 0.411 e. The van der Waals surface area contributed by atoms with Gasteiger partial charge >= 0.3 is 12.1 Å². The number of aromatic nitrogens is 2. The molecule has 1 aromatic heterocycles. The van der Waals surface area contributed by atoms with Crippen molar-refractivity contribution in [3.05, 3.63) is 34.3 Å². The summed E-state index contributed by atoms with van der Waals surface area (Å²) in [5.41, 5.74) is 5.66. The number of nitrogens with zero attached hydrogens (tertiary/aromatic N) is 2. The summed E-state index contributed by atoms with van der Waals surface area (Å²) in [4.78, 5) is 11.5. The third kappa shape index (κ3) is 3.00. The second-order valence-corrected chi connectivity index (χ2v) is 6.61. The summed E-state index contributed by atoms with van der Waals surface area (Å²) < 4.78 is 41.6. The van der Waals surface area contributed by atoms with E-state index in [0.717, 1.165) is 4.47 Å². The number of hydrogen-bond acceptors (Lipinski definition) is 3. The van der Waals surface area contributed by atoms with Gasteiger partial charge in [0.15, 0.2) is 6.04 Å². The van der Waals surface area contributed by atoms with Crippen LogP contribution in [0.25, 0.3) is 11.3 Å². The lowest BCUT2D eigenvalue weighted by Gasteiger charge is -2.21. The molecule has 1 atom stereocenters. The molecule has 0 spiro atoms. The average molecular weight is 404 g/mol. The van der Waals surface area contributed by atoms with Gasteiger partial charge in [-0.2, -0.15) is 18.3 Å². The quantitative estimate of drug-likeness (QED) is 0.804. The van der Waals surface area contributed by atoms with Crippen LogP contribution in [0, 0.1) is 5.92 Å². The van der Waals surface area contributed by atoms with Gasteiger partial charge in [0.05, 0.1) is 0 Å². The molecule has 3 rings (SSSR count). The van der Waals surface area contributed by atoms with E-state index >= 15 is 0 Å². The minimum Gasteiger partial charge on any atom is -0.477 e. The van der Waals surface area contributed by atoms with Crippen LogP contribution in [0.1, 0.15) is 29.2 Å². The minimum atomic E-state index is -4.55. The summed E-state index contributed by atoms with van der Waals surface area (Å²) in [6.45, 7) is 0. The van der Waals surface area contributed by atoms with Crippen molar-refractivity contribution in [2.75, 3.05) is 5.73 Å². The van der Waals surface area contributed by atoms with Crippen molar-refractivity contribution >= 4 is 27.7 Å². The molecule has 1 heterocycles. The number of anilines is 1. The van der Waals surface area contributed by atoms with Crippen molar-refractivity contribution in [3.8, 4) is 11.3 Å². The molecule has 1 unspecified atom stereocenters. The molecule has 9 heteroatoms. The Morgan fingerprint density at radius 3 is 2.38 bits per heavy atom. The van der Waals surface area contributed by atoms with Crippen LogP contribution in [-0.2, 0) is 0 Å². The molecule has 1 aliphatic rings. The summed E-state index contributed by atoms with van der Waals surface area (Å²) >= 11 is 3.25. The first-order valence-corrected chi connectivity index (χ1v) is 7.93. The molecule has 3 N–H and O–H groups in total. The largest absolute Gasteiger partial charge is 0.477 e. The molecule has 1 fully saturated rings. The Kier molecular flexibility index (Phi) is 4.06. The molecule has 2 aromatic rings. The lowest BCUT2D eigenvalue weighted by Crippen LogP contribution is -2.30. The van der Waals surface area contributed by atoms with E-state index in [0.29, 0.717) is 23.1 Å². The molecule has 1 saturated carbocycles. The van der Waals surface area contributed by atoms with Crippen LogP contribution in [0.3, 0.4) is 0 Å². The summed E-state index contributed by atoms with van der Waals surface area (Å²) in [6, 6.07) is 4.54. The van der Waals surface area contributed by atoms with E-state index in [1.807, 2.05) is 0 Å². The Labute approximate surface area is 143 Å². The first kappa shape index (κ1) is 16.8. The molecular weight excluding hydrogens is 391 g/mol. The highest BCUT2D eigenvalue weighted by Crippen LogP contribution is 2.49. The molecule has 5 nitrogen and oxygen atoms in total. The van der Waals surface area contributed by atoms with E-state index in [4.69, 9.17) is 5.73 Å². The van der Waals surface area contributed by atoms with Gasteiger partial charge in [0, 0.05) is 10.0 Å². The highest BCUT2D eigenvalue weighted by atomic mass is 79.9. The number of nitrogen functional groups attached to an aromatic ring is 1. The lowest BCUT2D eigenvalue weighted by molar-refractivity contribution is -0.175. The van der Waals surface area contributed by atoms with Crippen LogP contribution in [0.2, 0.25) is 0 Å². The fourth-order valence-corrected chi connectivity index (χ4v) is 2.96. The number of rotatable bonds is 4. The molecule has 1 aliphatic carbocycles. The van der Waals surface area contributed by atoms with E-state index in [-0.39, 0.29) is 5.69 Å². The third-order valence-corrected chi connectivity index (χ3v) is 4.48. The first-order chi connectivity index (χ1) is 11.2. The fraction of sp³-hybridized carbons (Fsp3) is 0.333. The molecule has 0 saturated heterocycles. The third-order valence-electron chi connectivity index (χ3n) is 3.95. The molecule has 1 aromatic carbocycles. The van der Waals surface area contributed by atoms with Gasteiger partial charge in [0.2, 0.25) is 0 Å². The predicted octanol–water partition coefficient (Wildman–Crippen LogP) is 4.11.